The summed E-state index contributed by atoms with van der Waals surface area (Å²) >= 11 is 1.31. The molecule has 1 atom stereocenters. The van der Waals surface area contributed by atoms with E-state index in [0.717, 1.165) is 18.4 Å². The molecule has 1 N–H and O–H groups in total. The summed E-state index contributed by atoms with van der Waals surface area (Å²) in [5.74, 6) is -0.675. The van der Waals surface area contributed by atoms with Crippen LogP contribution in [0.25, 0.3) is 0 Å². The summed E-state index contributed by atoms with van der Waals surface area (Å²) in [5.41, 5.74) is 2.20. The fourth-order valence-electron chi connectivity index (χ4n) is 2.22. The molecule has 24 heavy (non-hydrogen) atoms. The number of rotatable bonds is 8. The number of carbonyl (C=O) groups is 2. The molecule has 128 valence electrons. The molecule has 4 nitrogen and oxygen atoms in total. The lowest BCUT2D eigenvalue weighted by molar-refractivity contribution is -0.130. The predicted octanol–water partition coefficient (Wildman–Crippen LogP) is 4.09. The molecule has 1 heterocycles. The number of carbonyl (C=O) groups excluding carboxylic acids is 2. The predicted molar refractivity (Wildman–Crippen MR) is 96.1 cm³/mol. The first-order valence-corrected chi connectivity index (χ1v) is 9.06. The third-order valence-corrected chi connectivity index (χ3v) is 4.52. The van der Waals surface area contributed by atoms with Crippen LogP contribution in [0.4, 0.5) is 0 Å². The van der Waals surface area contributed by atoms with Crippen molar-refractivity contribution in [1.82, 2.24) is 5.32 Å². The van der Waals surface area contributed by atoms with Crippen LogP contribution in [-0.4, -0.2) is 18.0 Å². The average molecular weight is 345 g/mol. The van der Waals surface area contributed by atoms with E-state index in [1.165, 1.54) is 16.9 Å². The molecule has 0 aliphatic carbocycles. The molecule has 1 aromatic heterocycles. The molecule has 5 heteroatoms. The van der Waals surface area contributed by atoms with Crippen LogP contribution >= 0.6 is 11.3 Å². The fourth-order valence-corrected chi connectivity index (χ4v) is 2.83. The molecule has 1 aromatic carbocycles. The number of aryl methyl sites for hydroxylation is 1. The van der Waals surface area contributed by atoms with Crippen LogP contribution in [0.3, 0.4) is 0 Å². The minimum atomic E-state index is -0.745. The van der Waals surface area contributed by atoms with Gasteiger partial charge in [0.25, 0.3) is 5.91 Å². The lowest BCUT2D eigenvalue weighted by Gasteiger charge is -2.17. The highest BCUT2D eigenvalue weighted by atomic mass is 32.1. The summed E-state index contributed by atoms with van der Waals surface area (Å²) in [6.45, 7) is 4.49. The van der Waals surface area contributed by atoms with Gasteiger partial charge in [0.15, 0.2) is 6.10 Å². The van der Waals surface area contributed by atoms with E-state index in [1.807, 2.05) is 43.5 Å². The van der Waals surface area contributed by atoms with Crippen LogP contribution in [0.15, 0.2) is 41.8 Å². The molecule has 0 saturated carbocycles. The standard InChI is InChI=1S/C19H23NO3S/c1-3-4-6-16(23-19(22)17-7-5-12-24-17)18(21)20-13-15-10-8-14(2)9-11-15/h5,7-12,16H,3-4,6,13H2,1-2H3,(H,20,21)/t16-/m0/s1. The van der Waals surface area contributed by atoms with Crippen LogP contribution in [0.2, 0.25) is 0 Å². The SMILES string of the molecule is CCCC[C@H](OC(=O)c1cccs1)C(=O)NCc1ccc(C)cc1. The van der Waals surface area contributed by atoms with Crippen molar-refractivity contribution in [2.45, 2.75) is 45.8 Å². The first-order valence-electron chi connectivity index (χ1n) is 8.18. The van der Waals surface area contributed by atoms with E-state index in [4.69, 9.17) is 4.74 Å². The van der Waals surface area contributed by atoms with Crippen molar-refractivity contribution in [1.29, 1.82) is 0 Å². The number of amides is 1. The molecule has 0 aliphatic heterocycles. The molecule has 0 radical (unpaired) electrons. The largest absolute Gasteiger partial charge is 0.448 e. The van der Waals surface area contributed by atoms with Gasteiger partial charge in [0.1, 0.15) is 4.88 Å². The first-order chi connectivity index (χ1) is 11.6. The van der Waals surface area contributed by atoms with Gasteiger partial charge in [-0.05, 0) is 36.8 Å². The summed E-state index contributed by atoms with van der Waals surface area (Å²) in [7, 11) is 0. The second-order valence-corrected chi connectivity index (χ2v) is 6.66. The van der Waals surface area contributed by atoms with Gasteiger partial charge in [0, 0.05) is 6.54 Å². The van der Waals surface area contributed by atoms with Gasteiger partial charge < -0.3 is 10.1 Å². The van der Waals surface area contributed by atoms with E-state index in [-0.39, 0.29) is 5.91 Å². The number of hydrogen-bond acceptors (Lipinski definition) is 4. The fraction of sp³-hybridized carbons (Fsp3) is 0.368. The van der Waals surface area contributed by atoms with Gasteiger partial charge in [0.2, 0.25) is 0 Å². The summed E-state index contributed by atoms with van der Waals surface area (Å²) in [5, 5.41) is 4.68. The lowest BCUT2D eigenvalue weighted by Crippen LogP contribution is -2.37. The maximum Gasteiger partial charge on any atom is 0.349 e. The summed E-state index contributed by atoms with van der Waals surface area (Å²) < 4.78 is 5.43. The lowest BCUT2D eigenvalue weighted by atomic mass is 10.1. The Kier molecular flexibility index (Phi) is 7.00. The Bertz CT molecular complexity index is 650. The Morgan fingerprint density at radius 1 is 1.21 bits per heavy atom. The van der Waals surface area contributed by atoms with Crippen molar-refractivity contribution in [3.8, 4) is 0 Å². The monoisotopic (exact) mass is 345 g/mol. The second kappa shape index (κ2) is 9.23. The number of thiophene rings is 1. The zero-order valence-corrected chi connectivity index (χ0v) is 14.9. The van der Waals surface area contributed by atoms with Crippen molar-refractivity contribution < 1.29 is 14.3 Å². The van der Waals surface area contributed by atoms with Crippen molar-refractivity contribution >= 4 is 23.2 Å². The number of nitrogens with one attached hydrogen (secondary N) is 1. The topological polar surface area (TPSA) is 55.4 Å². The molecule has 0 saturated heterocycles. The number of hydrogen-bond donors (Lipinski definition) is 1. The molecule has 1 amide bonds. The van der Waals surface area contributed by atoms with Crippen LogP contribution in [0.1, 0.15) is 47.0 Å². The Hall–Kier alpha value is -2.14. The van der Waals surface area contributed by atoms with Gasteiger partial charge in [-0.2, -0.15) is 0 Å². The normalized spacial score (nSPS) is 11.8. The summed E-state index contributed by atoms with van der Waals surface area (Å²) in [6.07, 6.45) is 1.57. The van der Waals surface area contributed by atoms with Gasteiger partial charge in [0.05, 0.1) is 0 Å². The molecular formula is C19H23NO3S. The van der Waals surface area contributed by atoms with Gasteiger partial charge in [-0.1, -0.05) is 49.2 Å². The van der Waals surface area contributed by atoms with Crippen LogP contribution in [0.5, 0.6) is 0 Å². The average Bonchev–Trinajstić information content (AvgIpc) is 3.12. The van der Waals surface area contributed by atoms with Crippen LogP contribution in [-0.2, 0) is 16.1 Å². The minimum absolute atomic E-state index is 0.242. The number of esters is 1. The van der Waals surface area contributed by atoms with Crippen molar-refractivity contribution in [3.63, 3.8) is 0 Å². The highest BCUT2D eigenvalue weighted by Gasteiger charge is 2.23. The van der Waals surface area contributed by atoms with Crippen LogP contribution < -0.4 is 5.32 Å². The molecule has 2 aromatic rings. The van der Waals surface area contributed by atoms with Crippen molar-refractivity contribution in [3.05, 3.63) is 57.8 Å². The zero-order valence-electron chi connectivity index (χ0n) is 14.1. The van der Waals surface area contributed by atoms with E-state index >= 15 is 0 Å². The van der Waals surface area contributed by atoms with Gasteiger partial charge in [-0.3, -0.25) is 4.79 Å². The van der Waals surface area contributed by atoms with E-state index in [9.17, 15) is 9.59 Å². The van der Waals surface area contributed by atoms with Crippen molar-refractivity contribution in [2.75, 3.05) is 0 Å². The molecule has 0 unspecified atom stereocenters. The van der Waals surface area contributed by atoms with E-state index in [1.54, 1.807) is 12.1 Å². The maximum absolute atomic E-state index is 12.4. The van der Waals surface area contributed by atoms with E-state index in [0.29, 0.717) is 17.8 Å². The third-order valence-electron chi connectivity index (χ3n) is 3.67. The Morgan fingerprint density at radius 2 is 1.96 bits per heavy atom. The zero-order chi connectivity index (χ0) is 17.4. The summed E-state index contributed by atoms with van der Waals surface area (Å²) in [6, 6.07) is 11.5. The molecular weight excluding hydrogens is 322 g/mol. The van der Waals surface area contributed by atoms with Crippen LogP contribution in [0, 0.1) is 6.92 Å². The number of ether oxygens (including phenoxy) is 1. The Morgan fingerprint density at radius 3 is 2.58 bits per heavy atom. The third kappa shape index (κ3) is 5.49. The van der Waals surface area contributed by atoms with Gasteiger partial charge in [-0.15, -0.1) is 11.3 Å². The molecule has 0 aliphatic rings. The minimum Gasteiger partial charge on any atom is -0.448 e. The van der Waals surface area contributed by atoms with Crippen molar-refractivity contribution in [2.24, 2.45) is 0 Å². The molecule has 0 bridgehead atoms. The highest BCUT2D eigenvalue weighted by molar-refractivity contribution is 7.11. The first kappa shape index (κ1) is 18.2. The number of benzene rings is 1. The highest BCUT2D eigenvalue weighted by Crippen LogP contribution is 2.14. The Labute approximate surface area is 146 Å². The second-order valence-electron chi connectivity index (χ2n) is 5.72. The Balaban J connectivity index is 1.93. The summed E-state index contributed by atoms with van der Waals surface area (Å²) in [4.78, 5) is 25.0. The number of unbranched alkanes of at least 4 members (excludes halogenated alkanes) is 1. The molecule has 2 rings (SSSR count). The van der Waals surface area contributed by atoms with E-state index < -0.39 is 12.1 Å². The quantitative estimate of drug-likeness (QED) is 0.733. The smallest absolute Gasteiger partial charge is 0.349 e. The maximum atomic E-state index is 12.4. The van der Waals surface area contributed by atoms with E-state index in [2.05, 4.69) is 5.32 Å². The molecule has 0 fully saturated rings. The van der Waals surface area contributed by atoms with Gasteiger partial charge in [-0.25, -0.2) is 4.79 Å². The molecule has 0 spiro atoms. The van der Waals surface area contributed by atoms with Gasteiger partial charge >= 0.3 is 5.97 Å².